The number of nitrogen functional groups attached to an aromatic ring is 1. The van der Waals surface area contributed by atoms with Crippen LogP contribution in [-0.2, 0) is 4.79 Å². The first-order valence-electron chi connectivity index (χ1n) is 8.13. The molecule has 120 valence electrons. The molecule has 2 N–H and O–H groups in total. The standard InChI is InChI=1S/C17H26N4O/c1-13-11-14(18)3-4-16(13)20-7-5-15(6-8-20)21-10-9-19(2)17(22)12-21/h3-4,11,15H,5-10,12,18H2,1-2H3. The summed E-state index contributed by atoms with van der Waals surface area (Å²) in [6.07, 6.45) is 2.25. The smallest absolute Gasteiger partial charge is 0.236 e. The highest BCUT2D eigenvalue weighted by atomic mass is 16.2. The lowest BCUT2D eigenvalue weighted by Crippen LogP contribution is -2.54. The number of nitrogens with two attached hydrogens (primary N) is 1. The number of nitrogens with zero attached hydrogens (tertiary/aromatic N) is 3. The number of hydrogen-bond donors (Lipinski definition) is 1. The molecule has 0 spiro atoms. The van der Waals surface area contributed by atoms with E-state index in [-0.39, 0.29) is 5.91 Å². The number of piperidine rings is 1. The van der Waals surface area contributed by atoms with E-state index >= 15 is 0 Å². The molecule has 0 radical (unpaired) electrons. The lowest BCUT2D eigenvalue weighted by Gasteiger charge is -2.42. The third-order valence-electron chi connectivity index (χ3n) is 5.03. The molecule has 2 aliphatic rings. The van der Waals surface area contributed by atoms with E-state index in [0.717, 1.165) is 44.7 Å². The van der Waals surface area contributed by atoms with Crippen LogP contribution >= 0.6 is 0 Å². The molecule has 5 nitrogen and oxygen atoms in total. The minimum atomic E-state index is 0.253. The Morgan fingerprint density at radius 3 is 2.50 bits per heavy atom. The first-order valence-corrected chi connectivity index (χ1v) is 8.13. The maximum absolute atomic E-state index is 11.9. The fourth-order valence-electron chi connectivity index (χ4n) is 3.59. The molecule has 2 saturated heterocycles. The van der Waals surface area contributed by atoms with Gasteiger partial charge < -0.3 is 15.5 Å². The van der Waals surface area contributed by atoms with Crippen molar-refractivity contribution in [2.24, 2.45) is 0 Å². The molecule has 1 aromatic rings. The number of benzene rings is 1. The number of carbonyl (C=O) groups is 1. The highest BCUT2D eigenvalue weighted by Crippen LogP contribution is 2.27. The fraction of sp³-hybridized carbons (Fsp3) is 0.588. The van der Waals surface area contributed by atoms with Gasteiger partial charge in [0.05, 0.1) is 6.54 Å². The Hall–Kier alpha value is -1.75. The van der Waals surface area contributed by atoms with Crippen LogP contribution in [0, 0.1) is 6.92 Å². The predicted octanol–water partition coefficient (Wildman–Crippen LogP) is 1.32. The number of amides is 1. The zero-order valence-electron chi connectivity index (χ0n) is 13.6. The SMILES string of the molecule is Cc1cc(N)ccc1N1CCC(N2CCN(C)C(=O)C2)CC1. The molecule has 0 bridgehead atoms. The summed E-state index contributed by atoms with van der Waals surface area (Å²) in [5.74, 6) is 0.253. The van der Waals surface area contributed by atoms with Gasteiger partial charge in [0.15, 0.2) is 0 Å². The second-order valence-corrected chi connectivity index (χ2v) is 6.55. The van der Waals surface area contributed by atoms with Gasteiger partial charge in [-0.15, -0.1) is 0 Å². The second kappa shape index (κ2) is 6.16. The number of carbonyl (C=O) groups excluding carboxylic acids is 1. The molecular weight excluding hydrogens is 276 g/mol. The van der Waals surface area contributed by atoms with Crippen molar-refractivity contribution < 1.29 is 4.79 Å². The van der Waals surface area contributed by atoms with Crippen LogP contribution < -0.4 is 10.6 Å². The monoisotopic (exact) mass is 302 g/mol. The molecule has 1 amide bonds. The summed E-state index contributed by atoms with van der Waals surface area (Å²) in [4.78, 5) is 18.5. The minimum Gasteiger partial charge on any atom is -0.399 e. The fourth-order valence-corrected chi connectivity index (χ4v) is 3.59. The van der Waals surface area contributed by atoms with Gasteiger partial charge in [-0.3, -0.25) is 9.69 Å². The quantitative estimate of drug-likeness (QED) is 0.837. The van der Waals surface area contributed by atoms with Gasteiger partial charge in [-0.25, -0.2) is 0 Å². The average molecular weight is 302 g/mol. The van der Waals surface area contributed by atoms with Crippen LogP contribution in [0.2, 0.25) is 0 Å². The number of piperazine rings is 1. The number of likely N-dealkylation sites (N-methyl/N-ethyl adjacent to an activating group) is 1. The third-order valence-corrected chi connectivity index (χ3v) is 5.03. The van der Waals surface area contributed by atoms with Crippen molar-refractivity contribution in [3.63, 3.8) is 0 Å². The van der Waals surface area contributed by atoms with E-state index in [9.17, 15) is 4.79 Å². The maximum Gasteiger partial charge on any atom is 0.236 e. The van der Waals surface area contributed by atoms with Crippen molar-refractivity contribution in [3.05, 3.63) is 23.8 Å². The average Bonchev–Trinajstić information content (AvgIpc) is 2.50. The molecule has 22 heavy (non-hydrogen) atoms. The van der Waals surface area contributed by atoms with Gasteiger partial charge in [0.1, 0.15) is 0 Å². The van der Waals surface area contributed by atoms with E-state index in [0.29, 0.717) is 12.6 Å². The van der Waals surface area contributed by atoms with Crippen LogP contribution in [-0.4, -0.2) is 61.5 Å². The number of rotatable bonds is 2. The molecule has 2 aliphatic heterocycles. The summed E-state index contributed by atoms with van der Waals surface area (Å²) in [5.41, 5.74) is 9.20. The Balaban J connectivity index is 1.59. The molecule has 0 aromatic heterocycles. The zero-order valence-corrected chi connectivity index (χ0v) is 13.6. The van der Waals surface area contributed by atoms with E-state index < -0.39 is 0 Å². The first kappa shape index (κ1) is 15.2. The van der Waals surface area contributed by atoms with Crippen molar-refractivity contribution in [2.45, 2.75) is 25.8 Å². The topological polar surface area (TPSA) is 52.8 Å². The van der Waals surface area contributed by atoms with Crippen LogP contribution in [0.4, 0.5) is 11.4 Å². The molecule has 0 unspecified atom stereocenters. The van der Waals surface area contributed by atoms with E-state index in [4.69, 9.17) is 5.73 Å². The van der Waals surface area contributed by atoms with Gasteiger partial charge in [-0.1, -0.05) is 0 Å². The Morgan fingerprint density at radius 2 is 1.86 bits per heavy atom. The first-order chi connectivity index (χ1) is 10.5. The summed E-state index contributed by atoms with van der Waals surface area (Å²) in [5, 5.41) is 0. The largest absolute Gasteiger partial charge is 0.399 e. The predicted molar refractivity (Wildman–Crippen MR) is 90.0 cm³/mol. The summed E-state index contributed by atoms with van der Waals surface area (Å²) >= 11 is 0. The van der Waals surface area contributed by atoms with Crippen molar-refractivity contribution in [2.75, 3.05) is 50.4 Å². The molecule has 5 heteroatoms. The molecule has 0 saturated carbocycles. The maximum atomic E-state index is 11.9. The van der Waals surface area contributed by atoms with Gasteiger partial charge in [0.2, 0.25) is 5.91 Å². The summed E-state index contributed by atoms with van der Waals surface area (Å²) in [6, 6.07) is 6.70. The van der Waals surface area contributed by atoms with Crippen LogP contribution in [0.15, 0.2) is 18.2 Å². The van der Waals surface area contributed by atoms with Gasteiger partial charge >= 0.3 is 0 Å². The summed E-state index contributed by atoms with van der Waals surface area (Å²) in [7, 11) is 1.90. The number of aryl methyl sites for hydroxylation is 1. The van der Waals surface area contributed by atoms with Crippen LogP contribution in [0.1, 0.15) is 18.4 Å². The molecule has 1 aromatic carbocycles. The van der Waals surface area contributed by atoms with Gasteiger partial charge in [0.25, 0.3) is 0 Å². The van der Waals surface area contributed by atoms with Crippen molar-refractivity contribution in [3.8, 4) is 0 Å². The molecular formula is C17H26N4O. The van der Waals surface area contributed by atoms with Crippen molar-refractivity contribution in [1.29, 1.82) is 0 Å². The van der Waals surface area contributed by atoms with Gasteiger partial charge in [0, 0.05) is 50.6 Å². The minimum absolute atomic E-state index is 0.253. The molecule has 0 aliphatic carbocycles. The van der Waals surface area contributed by atoms with Crippen LogP contribution in [0.5, 0.6) is 0 Å². The van der Waals surface area contributed by atoms with Crippen LogP contribution in [0.3, 0.4) is 0 Å². The van der Waals surface area contributed by atoms with E-state index in [1.165, 1.54) is 11.3 Å². The van der Waals surface area contributed by atoms with E-state index in [1.807, 2.05) is 24.1 Å². The van der Waals surface area contributed by atoms with Crippen molar-refractivity contribution >= 4 is 17.3 Å². The summed E-state index contributed by atoms with van der Waals surface area (Å²) < 4.78 is 0. The van der Waals surface area contributed by atoms with Crippen LogP contribution in [0.25, 0.3) is 0 Å². The Bertz CT molecular complexity index is 552. The summed E-state index contributed by atoms with van der Waals surface area (Å²) in [6.45, 7) is 6.68. The molecule has 2 fully saturated rings. The van der Waals surface area contributed by atoms with E-state index in [1.54, 1.807) is 0 Å². The highest BCUT2D eigenvalue weighted by Gasteiger charge is 2.30. The zero-order chi connectivity index (χ0) is 15.7. The normalized spacial score (nSPS) is 21.5. The molecule has 2 heterocycles. The number of anilines is 2. The Morgan fingerprint density at radius 1 is 1.14 bits per heavy atom. The van der Waals surface area contributed by atoms with Gasteiger partial charge in [-0.2, -0.15) is 0 Å². The van der Waals surface area contributed by atoms with E-state index in [2.05, 4.69) is 22.8 Å². The molecule has 3 rings (SSSR count). The lowest BCUT2D eigenvalue weighted by atomic mass is 10.0. The lowest BCUT2D eigenvalue weighted by molar-refractivity contribution is -0.135. The van der Waals surface area contributed by atoms with Gasteiger partial charge in [-0.05, 0) is 43.5 Å². The van der Waals surface area contributed by atoms with Crippen molar-refractivity contribution in [1.82, 2.24) is 9.80 Å². The highest BCUT2D eigenvalue weighted by molar-refractivity contribution is 5.78. The Kier molecular flexibility index (Phi) is 4.25. The Labute approximate surface area is 132 Å². The number of hydrogen-bond acceptors (Lipinski definition) is 4. The molecule has 0 atom stereocenters. The third kappa shape index (κ3) is 3.04. The second-order valence-electron chi connectivity index (χ2n) is 6.55.